The van der Waals surface area contributed by atoms with E-state index in [0.29, 0.717) is 40.7 Å². The second kappa shape index (κ2) is 17.5. The summed E-state index contributed by atoms with van der Waals surface area (Å²) in [5, 5.41) is 23.0. The number of aliphatic hydroxyl groups is 1. The molecule has 13 heteroatoms. The Balaban J connectivity index is 1.56. The smallest absolute Gasteiger partial charge is 0.321 e. The van der Waals surface area contributed by atoms with Crippen molar-refractivity contribution in [2.75, 3.05) is 44.0 Å². The summed E-state index contributed by atoms with van der Waals surface area (Å²) < 4.78 is 17.9. The predicted octanol–water partition coefficient (Wildman–Crippen LogP) is 5.71. The number of likely N-dealkylation sites (N-methyl/N-ethyl adjacent to an activating group) is 1. The molecule has 0 unspecified atom stereocenters. The molecule has 4 rings (SSSR count). The first-order chi connectivity index (χ1) is 23.0. The lowest BCUT2D eigenvalue weighted by atomic mass is 9.96. The van der Waals surface area contributed by atoms with E-state index in [-0.39, 0.29) is 55.7 Å². The number of benzene rings is 1. The van der Waals surface area contributed by atoms with Crippen molar-refractivity contribution in [2.45, 2.75) is 110 Å². The normalized spacial score (nSPS) is 22.1. The van der Waals surface area contributed by atoms with Gasteiger partial charge in [0.05, 0.1) is 30.4 Å². The lowest BCUT2D eigenvalue weighted by Gasteiger charge is -2.35. The van der Waals surface area contributed by atoms with E-state index in [0.717, 1.165) is 44.9 Å². The largest absolute Gasteiger partial charge is 0.490 e. The molecule has 4 N–H and O–H groups in total. The molecule has 1 fully saturated rings. The number of carbonyl (C=O) groups excluding carboxylic acids is 3. The molecule has 1 saturated carbocycles. The van der Waals surface area contributed by atoms with E-state index in [1.54, 1.807) is 55.8 Å². The van der Waals surface area contributed by atoms with Gasteiger partial charge in [-0.05, 0) is 78.0 Å². The molecule has 2 aromatic rings. The topological polar surface area (TPSA) is 158 Å². The first-order valence-corrected chi connectivity index (χ1v) is 17.3. The van der Waals surface area contributed by atoms with Crippen molar-refractivity contribution in [1.82, 2.24) is 20.3 Å². The van der Waals surface area contributed by atoms with Gasteiger partial charge in [0, 0.05) is 44.4 Å². The van der Waals surface area contributed by atoms with E-state index in [1.165, 1.54) is 6.42 Å². The summed E-state index contributed by atoms with van der Waals surface area (Å²) in [4.78, 5) is 43.6. The Morgan fingerprint density at radius 2 is 1.81 bits per heavy atom. The third-order valence-corrected chi connectivity index (χ3v) is 9.32. The number of nitrogens with zero attached hydrogens (tertiary/aromatic N) is 3. The van der Waals surface area contributed by atoms with Gasteiger partial charge in [-0.15, -0.1) is 0 Å². The number of fused-ring (bicyclic) bond motifs is 1. The van der Waals surface area contributed by atoms with E-state index in [4.69, 9.17) is 14.0 Å². The van der Waals surface area contributed by atoms with Crippen LogP contribution in [0.3, 0.4) is 0 Å². The van der Waals surface area contributed by atoms with Gasteiger partial charge in [0.25, 0.3) is 5.91 Å². The summed E-state index contributed by atoms with van der Waals surface area (Å²) in [5.74, 6) is 0.396. The van der Waals surface area contributed by atoms with Crippen LogP contribution in [-0.2, 0) is 4.74 Å². The number of ether oxygens (including phenoxy) is 2. The van der Waals surface area contributed by atoms with E-state index >= 15 is 0 Å². The average molecular weight is 671 g/mol. The summed E-state index contributed by atoms with van der Waals surface area (Å²) in [6, 6.07) is 4.11. The zero-order chi connectivity index (χ0) is 34.8. The molecule has 1 aromatic carbocycles. The maximum atomic E-state index is 14.4. The molecular formula is C35H54N6O7. The van der Waals surface area contributed by atoms with Crippen LogP contribution in [0.1, 0.15) is 93.9 Å². The highest BCUT2D eigenvalue weighted by Gasteiger charge is 2.31. The molecule has 5 amide bonds. The van der Waals surface area contributed by atoms with E-state index in [9.17, 15) is 19.5 Å². The van der Waals surface area contributed by atoms with Crippen molar-refractivity contribution in [3.8, 4) is 5.75 Å². The minimum atomic E-state index is -0.523. The zero-order valence-corrected chi connectivity index (χ0v) is 29.3. The fraction of sp³-hybridized carbons (Fsp3) is 0.657. The molecule has 266 valence electrons. The Kier molecular flexibility index (Phi) is 13.5. The van der Waals surface area contributed by atoms with Crippen LogP contribution in [0.4, 0.5) is 21.0 Å². The van der Waals surface area contributed by atoms with Gasteiger partial charge in [-0.2, -0.15) is 0 Å². The first kappa shape index (κ1) is 37.0. The van der Waals surface area contributed by atoms with Crippen molar-refractivity contribution < 1.29 is 33.5 Å². The van der Waals surface area contributed by atoms with Crippen LogP contribution in [0.15, 0.2) is 22.7 Å². The number of aromatic nitrogens is 1. The molecule has 1 aliphatic carbocycles. The van der Waals surface area contributed by atoms with Gasteiger partial charge in [0.2, 0.25) is 0 Å². The van der Waals surface area contributed by atoms with E-state index in [1.807, 2.05) is 13.8 Å². The molecule has 0 bridgehead atoms. The number of nitrogens with one attached hydrogen (secondary N) is 3. The summed E-state index contributed by atoms with van der Waals surface area (Å²) in [6.07, 6.45) is 7.12. The fourth-order valence-corrected chi connectivity index (χ4v) is 6.28. The molecule has 13 nitrogen and oxygen atoms in total. The maximum Gasteiger partial charge on any atom is 0.321 e. The van der Waals surface area contributed by atoms with Crippen LogP contribution in [0.5, 0.6) is 5.75 Å². The van der Waals surface area contributed by atoms with Gasteiger partial charge in [-0.1, -0.05) is 31.3 Å². The number of aryl methyl sites for hydroxylation is 2. The second-order valence-electron chi connectivity index (χ2n) is 13.5. The monoisotopic (exact) mass is 670 g/mol. The lowest BCUT2D eigenvalue weighted by Crippen LogP contribution is -2.48. The van der Waals surface area contributed by atoms with Gasteiger partial charge in [-0.3, -0.25) is 4.79 Å². The number of rotatable bonds is 7. The van der Waals surface area contributed by atoms with Gasteiger partial charge < -0.3 is 44.9 Å². The number of aliphatic hydroxyl groups excluding tert-OH is 1. The highest BCUT2D eigenvalue weighted by atomic mass is 16.5. The Labute approximate surface area is 284 Å². The van der Waals surface area contributed by atoms with Gasteiger partial charge in [-0.25, -0.2) is 9.59 Å². The van der Waals surface area contributed by atoms with Crippen molar-refractivity contribution in [3.05, 3.63) is 35.2 Å². The fourth-order valence-electron chi connectivity index (χ4n) is 6.28. The van der Waals surface area contributed by atoms with Crippen LogP contribution in [0, 0.1) is 19.8 Å². The number of amides is 5. The standard InChI is InChI=1S/C35H54N6O7/c1-22-19-41(23(2)21-42)33(43)29-18-28(37-34(44)36-27-13-8-7-9-14-27)15-16-30(29)47-24(3)12-10-11-17-46-31(22)20-40(6)35(45)38-32-25(4)39-48-26(32)5/h15-16,18,22-24,27,31,42H,7-14,17,19-21H2,1-6H3,(H,38,45)(H2,36,37,44)/t22-,23+,24-,31-/m1/s1. The molecule has 48 heavy (non-hydrogen) atoms. The lowest BCUT2D eigenvalue weighted by molar-refractivity contribution is -0.0115. The third kappa shape index (κ3) is 10.1. The van der Waals surface area contributed by atoms with Crippen molar-refractivity contribution in [1.29, 1.82) is 0 Å². The predicted molar refractivity (Wildman–Crippen MR) is 184 cm³/mol. The van der Waals surface area contributed by atoms with Gasteiger partial charge in [0.15, 0.2) is 5.76 Å². The maximum absolute atomic E-state index is 14.4. The van der Waals surface area contributed by atoms with Crippen LogP contribution < -0.4 is 20.7 Å². The van der Waals surface area contributed by atoms with Crippen molar-refractivity contribution in [2.24, 2.45) is 5.92 Å². The molecule has 0 radical (unpaired) electrons. The first-order valence-electron chi connectivity index (χ1n) is 17.3. The highest BCUT2D eigenvalue weighted by molar-refractivity contribution is 5.99. The molecule has 2 aliphatic rings. The summed E-state index contributed by atoms with van der Waals surface area (Å²) >= 11 is 0. The Morgan fingerprint density at radius 3 is 2.50 bits per heavy atom. The number of urea groups is 2. The van der Waals surface area contributed by atoms with Crippen LogP contribution in [-0.4, -0.2) is 95.7 Å². The number of hydrogen-bond donors (Lipinski definition) is 4. The molecule has 2 heterocycles. The SMILES string of the molecule is Cc1noc(C)c1NC(=O)N(C)C[C@H]1OCCCC[C@@H](C)Oc2ccc(NC(=O)NC3CCCCC3)cc2C(=O)N([C@@H](C)CO)C[C@H]1C. The summed E-state index contributed by atoms with van der Waals surface area (Å²) in [5.41, 5.74) is 1.90. The van der Waals surface area contributed by atoms with Crippen LogP contribution in [0.25, 0.3) is 0 Å². The molecule has 4 atom stereocenters. The van der Waals surface area contributed by atoms with Crippen LogP contribution >= 0.6 is 0 Å². The quantitative estimate of drug-likeness (QED) is 0.292. The van der Waals surface area contributed by atoms with Gasteiger partial charge in [0.1, 0.15) is 17.1 Å². The van der Waals surface area contributed by atoms with E-state index in [2.05, 4.69) is 21.1 Å². The van der Waals surface area contributed by atoms with Crippen molar-refractivity contribution in [3.63, 3.8) is 0 Å². The third-order valence-electron chi connectivity index (χ3n) is 9.32. The van der Waals surface area contributed by atoms with Crippen molar-refractivity contribution >= 4 is 29.3 Å². The minimum Gasteiger partial charge on any atom is -0.490 e. The Hall–Kier alpha value is -3.84. The molecule has 0 saturated heterocycles. The summed E-state index contributed by atoms with van der Waals surface area (Å²) in [6.45, 7) is 9.99. The highest BCUT2D eigenvalue weighted by Crippen LogP contribution is 2.29. The number of anilines is 2. The molecule has 0 spiro atoms. The molecule has 1 aliphatic heterocycles. The summed E-state index contributed by atoms with van der Waals surface area (Å²) in [7, 11) is 1.70. The van der Waals surface area contributed by atoms with Crippen LogP contribution in [0.2, 0.25) is 0 Å². The second-order valence-corrected chi connectivity index (χ2v) is 13.5. The Morgan fingerprint density at radius 1 is 1.08 bits per heavy atom. The molecule has 1 aromatic heterocycles. The number of hydrogen-bond acceptors (Lipinski definition) is 8. The minimum absolute atomic E-state index is 0.139. The van der Waals surface area contributed by atoms with Gasteiger partial charge >= 0.3 is 12.1 Å². The zero-order valence-electron chi connectivity index (χ0n) is 29.3. The number of carbonyl (C=O) groups is 3. The average Bonchev–Trinajstić information content (AvgIpc) is 3.38. The molecular weight excluding hydrogens is 616 g/mol. The van der Waals surface area contributed by atoms with E-state index < -0.39 is 12.1 Å². The Bertz CT molecular complexity index is 1360.